The molecule has 1 rings (SSSR count). The van der Waals surface area contributed by atoms with Crippen molar-refractivity contribution in [2.45, 2.75) is 20.3 Å². The van der Waals surface area contributed by atoms with E-state index in [1.165, 1.54) is 18.4 Å². The van der Waals surface area contributed by atoms with E-state index < -0.39 is 5.97 Å². The molecule has 6 nitrogen and oxygen atoms in total. The summed E-state index contributed by atoms with van der Waals surface area (Å²) < 4.78 is 4.66. The van der Waals surface area contributed by atoms with Crippen LogP contribution in [0.5, 0.6) is 0 Å². The molecule has 0 bridgehead atoms. The SMILES string of the molecule is CCN(CC)CCCNc1sc(C(=O)OC)c(N)c1C#N. The predicted molar refractivity (Wildman–Crippen MR) is 85.7 cm³/mol. The van der Waals surface area contributed by atoms with Crippen LogP contribution in [-0.2, 0) is 4.74 Å². The normalized spacial score (nSPS) is 10.4. The van der Waals surface area contributed by atoms with Crippen molar-refractivity contribution in [1.29, 1.82) is 5.26 Å². The van der Waals surface area contributed by atoms with Crippen LogP contribution in [0.25, 0.3) is 0 Å². The smallest absolute Gasteiger partial charge is 0.350 e. The number of hydrogen-bond donors (Lipinski definition) is 2. The largest absolute Gasteiger partial charge is 0.465 e. The van der Waals surface area contributed by atoms with Crippen LogP contribution in [0.3, 0.4) is 0 Å². The Morgan fingerprint density at radius 2 is 2.14 bits per heavy atom. The van der Waals surface area contributed by atoms with Gasteiger partial charge in [-0.3, -0.25) is 0 Å². The van der Waals surface area contributed by atoms with Crippen LogP contribution < -0.4 is 11.1 Å². The molecule has 21 heavy (non-hydrogen) atoms. The third-order valence-corrected chi connectivity index (χ3v) is 4.40. The molecule has 3 N–H and O–H groups in total. The number of nitrogens with one attached hydrogen (secondary N) is 1. The van der Waals surface area contributed by atoms with E-state index in [-0.39, 0.29) is 10.6 Å². The van der Waals surface area contributed by atoms with Gasteiger partial charge in [-0.25, -0.2) is 4.79 Å². The van der Waals surface area contributed by atoms with Crippen LogP contribution in [0, 0.1) is 11.3 Å². The zero-order valence-electron chi connectivity index (χ0n) is 12.7. The van der Waals surface area contributed by atoms with Gasteiger partial charge in [-0.05, 0) is 26.1 Å². The highest BCUT2D eigenvalue weighted by Gasteiger charge is 2.21. The summed E-state index contributed by atoms with van der Waals surface area (Å²) in [5.41, 5.74) is 6.34. The fourth-order valence-electron chi connectivity index (χ4n) is 1.97. The van der Waals surface area contributed by atoms with Crippen molar-refractivity contribution in [3.63, 3.8) is 0 Å². The van der Waals surface area contributed by atoms with Gasteiger partial charge in [-0.2, -0.15) is 5.26 Å². The van der Waals surface area contributed by atoms with Gasteiger partial charge in [-0.1, -0.05) is 13.8 Å². The number of nitriles is 1. The van der Waals surface area contributed by atoms with Crippen LogP contribution in [0.4, 0.5) is 10.7 Å². The molecular formula is C14H22N4O2S. The van der Waals surface area contributed by atoms with Gasteiger partial charge in [0.05, 0.1) is 12.8 Å². The van der Waals surface area contributed by atoms with Crippen LogP contribution in [0.15, 0.2) is 0 Å². The second-order valence-corrected chi connectivity index (χ2v) is 5.48. The van der Waals surface area contributed by atoms with Crippen LogP contribution in [-0.4, -0.2) is 44.2 Å². The Morgan fingerprint density at radius 3 is 2.67 bits per heavy atom. The molecule has 0 unspecified atom stereocenters. The summed E-state index contributed by atoms with van der Waals surface area (Å²) in [6, 6.07) is 2.04. The third kappa shape index (κ3) is 4.34. The summed E-state index contributed by atoms with van der Waals surface area (Å²) in [5.74, 6) is -0.509. The minimum absolute atomic E-state index is 0.195. The molecule has 1 aromatic heterocycles. The first-order chi connectivity index (χ1) is 10.1. The van der Waals surface area contributed by atoms with E-state index in [1.807, 2.05) is 6.07 Å². The molecule has 0 aliphatic carbocycles. The lowest BCUT2D eigenvalue weighted by atomic mass is 10.2. The Bertz CT molecular complexity index is 518. The molecular weight excluding hydrogens is 288 g/mol. The second kappa shape index (κ2) is 8.49. The van der Waals surface area contributed by atoms with Gasteiger partial charge >= 0.3 is 5.97 Å². The maximum atomic E-state index is 11.6. The van der Waals surface area contributed by atoms with E-state index in [4.69, 9.17) is 11.0 Å². The zero-order valence-corrected chi connectivity index (χ0v) is 13.5. The summed E-state index contributed by atoms with van der Waals surface area (Å²) in [6.07, 6.45) is 0.956. The molecule has 1 aromatic rings. The lowest BCUT2D eigenvalue weighted by Gasteiger charge is -2.17. The van der Waals surface area contributed by atoms with Gasteiger partial charge in [0.2, 0.25) is 0 Å². The van der Waals surface area contributed by atoms with Gasteiger partial charge in [-0.15, -0.1) is 11.3 Å². The van der Waals surface area contributed by atoms with Crippen molar-refractivity contribution < 1.29 is 9.53 Å². The Morgan fingerprint density at radius 1 is 1.48 bits per heavy atom. The molecule has 7 heteroatoms. The molecule has 0 aliphatic rings. The number of ether oxygens (including phenoxy) is 1. The van der Waals surface area contributed by atoms with Crippen molar-refractivity contribution in [3.05, 3.63) is 10.4 Å². The van der Waals surface area contributed by atoms with Crippen LogP contribution in [0.1, 0.15) is 35.5 Å². The molecule has 0 atom stereocenters. The molecule has 0 aromatic carbocycles. The number of nitrogens with two attached hydrogens (primary N) is 1. The van der Waals surface area contributed by atoms with Crippen molar-refractivity contribution >= 4 is 28.0 Å². The Labute approximate surface area is 129 Å². The maximum Gasteiger partial charge on any atom is 0.350 e. The summed E-state index contributed by atoms with van der Waals surface area (Å²) >= 11 is 1.17. The average molecular weight is 310 g/mol. The molecule has 0 amide bonds. The zero-order chi connectivity index (χ0) is 15.8. The number of thiophene rings is 1. The van der Waals surface area contributed by atoms with Crippen molar-refractivity contribution in [1.82, 2.24) is 4.90 Å². The highest BCUT2D eigenvalue weighted by atomic mass is 32.1. The van der Waals surface area contributed by atoms with E-state index >= 15 is 0 Å². The van der Waals surface area contributed by atoms with Crippen molar-refractivity contribution in [2.75, 3.05) is 44.3 Å². The highest BCUT2D eigenvalue weighted by Crippen LogP contribution is 2.35. The highest BCUT2D eigenvalue weighted by molar-refractivity contribution is 7.18. The fourth-order valence-corrected chi connectivity index (χ4v) is 2.98. The Hall–Kier alpha value is -1.78. The molecule has 116 valence electrons. The number of carbonyl (C=O) groups is 1. The van der Waals surface area contributed by atoms with E-state index in [1.54, 1.807) is 0 Å². The molecule has 0 saturated heterocycles. The molecule has 0 spiro atoms. The standard InChI is InChI=1S/C14H22N4O2S/c1-4-18(5-2)8-6-7-17-13-10(9-15)11(16)12(21-13)14(19)20-3/h17H,4-8,16H2,1-3H3. The van der Waals surface area contributed by atoms with E-state index in [2.05, 4.69) is 28.8 Å². The molecule has 1 heterocycles. The summed E-state index contributed by atoms with van der Waals surface area (Å²) in [4.78, 5) is 14.2. The number of methoxy groups -OCH3 is 1. The number of nitrogens with zero attached hydrogens (tertiary/aromatic N) is 2. The van der Waals surface area contributed by atoms with E-state index in [0.717, 1.165) is 32.6 Å². The van der Waals surface area contributed by atoms with Gasteiger partial charge < -0.3 is 20.7 Å². The number of hydrogen-bond acceptors (Lipinski definition) is 7. The van der Waals surface area contributed by atoms with Crippen molar-refractivity contribution in [3.8, 4) is 6.07 Å². The maximum absolute atomic E-state index is 11.6. The fraction of sp³-hybridized carbons (Fsp3) is 0.571. The van der Waals surface area contributed by atoms with Gasteiger partial charge in [0.15, 0.2) is 0 Å². The summed E-state index contributed by atoms with van der Waals surface area (Å²) in [5, 5.41) is 13.0. The van der Waals surface area contributed by atoms with E-state index in [0.29, 0.717) is 10.6 Å². The molecule has 0 aliphatic heterocycles. The molecule has 0 saturated carbocycles. The van der Waals surface area contributed by atoms with Gasteiger partial charge in [0, 0.05) is 6.54 Å². The minimum Gasteiger partial charge on any atom is -0.465 e. The molecule has 0 radical (unpaired) electrons. The number of carbonyl (C=O) groups excluding carboxylic acids is 1. The first kappa shape index (κ1) is 17.3. The number of anilines is 2. The lowest BCUT2D eigenvalue weighted by molar-refractivity contribution is 0.0607. The predicted octanol–water partition coefficient (Wildman–Crippen LogP) is 2.13. The first-order valence-electron chi connectivity index (χ1n) is 6.95. The van der Waals surface area contributed by atoms with Crippen LogP contribution >= 0.6 is 11.3 Å². The minimum atomic E-state index is -0.509. The first-order valence-corrected chi connectivity index (χ1v) is 7.77. The Balaban J connectivity index is 2.67. The van der Waals surface area contributed by atoms with Gasteiger partial charge in [0.25, 0.3) is 0 Å². The topological polar surface area (TPSA) is 91.4 Å². The Kier molecular flexibility index (Phi) is 6.99. The molecule has 0 fully saturated rings. The van der Waals surface area contributed by atoms with E-state index in [9.17, 15) is 4.79 Å². The average Bonchev–Trinajstić information content (AvgIpc) is 2.82. The number of nitrogen functional groups attached to an aromatic ring is 1. The number of esters is 1. The third-order valence-electron chi connectivity index (χ3n) is 3.26. The number of rotatable bonds is 8. The summed E-state index contributed by atoms with van der Waals surface area (Å²) in [7, 11) is 1.30. The van der Waals surface area contributed by atoms with Gasteiger partial charge in [0.1, 0.15) is 21.5 Å². The summed E-state index contributed by atoms with van der Waals surface area (Å²) in [6.45, 7) is 8.04. The quantitative estimate of drug-likeness (QED) is 0.564. The monoisotopic (exact) mass is 310 g/mol. The lowest BCUT2D eigenvalue weighted by Crippen LogP contribution is -2.25. The van der Waals surface area contributed by atoms with Crippen molar-refractivity contribution in [2.24, 2.45) is 0 Å². The second-order valence-electron chi connectivity index (χ2n) is 4.46. The van der Waals surface area contributed by atoms with Crippen LogP contribution in [0.2, 0.25) is 0 Å².